The fraction of sp³-hybridized carbons (Fsp3) is 0.387. The lowest BCUT2D eigenvalue weighted by atomic mass is 9.93. The first kappa shape index (κ1) is 29.6. The van der Waals surface area contributed by atoms with E-state index >= 15 is 4.39 Å². The number of hydrogen-bond acceptors (Lipinski definition) is 11. The lowest BCUT2D eigenvalue weighted by Gasteiger charge is -2.31. The molecule has 0 unspecified atom stereocenters. The van der Waals surface area contributed by atoms with Crippen LogP contribution in [0.2, 0.25) is 0 Å². The summed E-state index contributed by atoms with van der Waals surface area (Å²) < 4.78 is 20.6. The Balaban J connectivity index is 1.22. The maximum Gasteiger partial charge on any atom is 0.261 e. The van der Waals surface area contributed by atoms with Crippen molar-refractivity contribution in [3.8, 4) is 11.4 Å². The molecule has 230 valence electrons. The van der Waals surface area contributed by atoms with Crippen molar-refractivity contribution in [3.05, 3.63) is 70.3 Å². The zero-order valence-electron chi connectivity index (χ0n) is 24.4. The minimum Gasteiger partial charge on any atom is -0.392 e. The second-order valence-corrected chi connectivity index (χ2v) is 11.1. The van der Waals surface area contributed by atoms with Gasteiger partial charge in [0.05, 0.1) is 36.8 Å². The van der Waals surface area contributed by atoms with Crippen LogP contribution in [-0.2, 0) is 17.8 Å². The predicted molar refractivity (Wildman–Crippen MR) is 165 cm³/mol. The highest BCUT2D eigenvalue weighted by molar-refractivity contribution is 6.09. The van der Waals surface area contributed by atoms with Crippen LogP contribution in [-0.4, -0.2) is 83.0 Å². The Morgan fingerprint density at radius 3 is 2.75 bits per heavy atom. The highest BCUT2D eigenvalue weighted by Crippen LogP contribution is 2.42. The van der Waals surface area contributed by atoms with Gasteiger partial charge in [-0.25, -0.2) is 4.39 Å². The topological polar surface area (TPSA) is 166 Å². The maximum absolute atomic E-state index is 15.2. The minimum absolute atomic E-state index is 0.0621. The zero-order valence-corrected chi connectivity index (χ0v) is 24.4. The molecule has 1 saturated heterocycles. The van der Waals surface area contributed by atoms with Crippen LogP contribution in [0.25, 0.3) is 11.4 Å². The zero-order chi connectivity index (χ0) is 30.6. The number of nitrogens with two attached hydrogens (primary N) is 1. The van der Waals surface area contributed by atoms with Crippen LogP contribution in [0.15, 0.2) is 42.2 Å². The van der Waals surface area contributed by atoms with Crippen LogP contribution in [0.5, 0.6) is 0 Å². The molecular formula is C31H36FN9O3. The molecule has 2 aliphatic heterocycles. The molecule has 6 N–H and O–H groups in total. The third kappa shape index (κ3) is 6.39. The summed E-state index contributed by atoms with van der Waals surface area (Å²) >= 11 is 0. The first-order chi connectivity index (χ1) is 21.4. The largest absolute Gasteiger partial charge is 0.392 e. The number of amides is 1. The quantitative estimate of drug-likeness (QED) is 0.163. The summed E-state index contributed by atoms with van der Waals surface area (Å²) in [4.78, 5) is 30.4. The Morgan fingerprint density at radius 2 is 2.00 bits per heavy atom. The summed E-state index contributed by atoms with van der Waals surface area (Å²) in [5.41, 5.74) is 9.52. The van der Waals surface area contributed by atoms with Gasteiger partial charge in [-0.05, 0) is 48.4 Å². The SMILES string of the molecule is N=C/C(=C\NCCN1CCOCC1)Nc1nc(N)nc(-c2cccc(N3CCc4cc(C5CC5)cc(F)c4C3=O)c2CO)n1. The summed E-state index contributed by atoms with van der Waals surface area (Å²) in [7, 11) is 0. The summed E-state index contributed by atoms with van der Waals surface area (Å²) in [6.45, 7) is 4.69. The molecule has 3 aromatic rings. The van der Waals surface area contributed by atoms with Crippen LogP contribution in [0.4, 0.5) is 22.0 Å². The van der Waals surface area contributed by atoms with E-state index in [1.165, 1.54) is 11.0 Å². The van der Waals surface area contributed by atoms with Crippen molar-refractivity contribution in [2.24, 2.45) is 0 Å². The van der Waals surface area contributed by atoms with Gasteiger partial charge < -0.3 is 36.5 Å². The average molecular weight is 602 g/mol. The van der Waals surface area contributed by atoms with Crippen LogP contribution >= 0.6 is 0 Å². The van der Waals surface area contributed by atoms with Crippen LogP contribution < -0.4 is 21.3 Å². The number of anilines is 3. The normalized spacial score (nSPS) is 17.4. The van der Waals surface area contributed by atoms with Crippen molar-refractivity contribution in [1.82, 2.24) is 25.2 Å². The molecule has 1 amide bonds. The number of morpholine rings is 1. The number of aliphatic hydroxyl groups is 1. The predicted octanol–water partition coefficient (Wildman–Crippen LogP) is 2.66. The molecule has 0 bridgehead atoms. The van der Waals surface area contributed by atoms with E-state index in [-0.39, 0.29) is 23.3 Å². The first-order valence-corrected chi connectivity index (χ1v) is 14.8. The number of carbonyl (C=O) groups is 1. The number of rotatable bonds is 11. The van der Waals surface area contributed by atoms with Crippen LogP contribution in [0.1, 0.15) is 45.8 Å². The molecule has 2 fully saturated rings. The Labute approximate surface area is 254 Å². The number of allylic oxidation sites excluding steroid dienone is 1. The maximum atomic E-state index is 15.2. The molecule has 2 aromatic carbocycles. The Bertz CT molecular complexity index is 1590. The number of hydrogen-bond donors (Lipinski definition) is 5. The second-order valence-electron chi connectivity index (χ2n) is 11.1. The standard InChI is InChI=1S/C31H36FN9O3/c32-25-15-21(19-4-5-19)14-20-6-8-41(29(43)27(20)25)26-3-1-2-23(24(26)18-42)28-37-30(34)39-31(38-28)36-22(16-33)17-35-7-9-40-10-12-44-13-11-40/h1-3,14-17,19,33,35,42H,4-13,18H2,(H3,34,36,37,38,39)/b22-17+,33-16?. The molecule has 44 heavy (non-hydrogen) atoms. The fourth-order valence-electron chi connectivity index (χ4n) is 5.72. The van der Waals surface area contributed by atoms with Gasteiger partial charge in [0, 0.05) is 56.3 Å². The van der Waals surface area contributed by atoms with Gasteiger partial charge in [0.15, 0.2) is 5.82 Å². The monoisotopic (exact) mass is 601 g/mol. The smallest absolute Gasteiger partial charge is 0.261 e. The van der Waals surface area contributed by atoms with Crippen molar-refractivity contribution < 1.29 is 19.0 Å². The van der Waals surface area contributed by atoms with Crippen molar-refractivity contribution in [2.75, 3.05) is 61.9 Å². The van der Waals surface area contributed by atoms with Crippen LogP contribution in [0, 0.1) is 11.2 Å². The molecule has 3 aliphatic rings. The number of fused-ring (bicyclic) bond motifs is 1. The van der Waals surface area contributed by atoms with Gasteiger partial charge in [0.1, 0.15) is 5.82 Å². The van der Waals surface area contributed by atoms with E-state index in [1.807, 2.05) is 6.07 Å². The third-order valence-electron chi connectivity index (χ3n) is 8.15. The summed E-state index contributed by atoms with van der Waals surface area (Å²) in [5.74, 6) is -0.337. The molecule has 0 atom stereocenters. The second kappa shape index (κ2) is 13.0. The Morgan fingerprint density at radius 1 is 1.18 bits per heavy atom. The Hall–Kier alpha value is -4.46. The van der Waals surface area contributed by atoms with Crippen molar-refractivity contribution in [3.63, 3.8) is 0 Å². The van der Waals surface area contributed by atoms with E-state index < -0.39 is 18.3 Å². The van der Waals surface area contributed by atoms with E-state index in [0.717, 1.165) is 63.0 Å². The van der Waals surface area contributed by atoms with Gasteiger partial charge in [0.2, 0.25) is 11.9 Å². The molecule has 6 rings (SSSR count). The number of nitrogens with one attached hydrogen (secondary N) is 3. The van der Waals surface area contributed by atoms with Crippen LogP contribution in [0.3, 0.4) is 0 Å². The number of benzene rings is 2. The molecular weight excluding hydrogens is 565 g/mol. The molecule has 12 nitrogen and oxygen atoms in total. The minimum atomic E-state index is -0.507. The van der Waals surface area contributed by atoms with E-state index in [2.05, 4.69) is 30.5 Å². The fourth-order valence-corrected chi connectivity index (χ4v) is 5.72. The van der Waals surface area contributed by atoms with Crippen molar-refractivity contribution in [2.45, 2.75) is 31.8 Å². The van der Waals surface area contributed by atoms with E-state index in [4.69, 9.17) is 15.9 Å². The highest BCUT2D eigenvalue weighted by atomic mass is 19.1. The molecule has 3 heterocycles. The number of halogens is 1. The van der Waals surface area contributed by atoms with E-state index in [0.29, 0.717) is 47.9 Å². The number of aliphatic hydroxyl groups excluding tert-OH is 1. The molecule has 1 aromatic heterocycles. The summed E-state index contributed by atoms with van der Waals surface area (Å²) in [6, 6.07) is 8.62. The van der Waals surface area contributed by atoms with Crippen molar-refractivity contribution in [1.29, 1.82) is 5.41 Å². The summed E-state index contributed by atoms with van der Waals surface area (Å²) in [5, 5.41) is 24.5. The Kier molecular flexibility index (Phi) is 8.77. The van der Waals surface area contributed by atoms with Gasteiger partial charge in [-0.1, -0.05) is 18.2 Å². The molecule has 1 saturated carbocycles. The number of nitrogen functional groups attached to an aromatic ring is 1. The van der Waals surface area contributed by atoms with Gasteiger partial charge in [-0.15, -0.1) is 0 Å². The lowest BCUT2D eigenvalue weighted by molar-refractivity contribution is 0.0388. The summed E-state index contributed by atoms with van der Waals surface area (Å²) in [6.07, 6.45) is 5.40. The van der Waals surface area contributed by atoms with Gasteiger partial charge >= 0.3 is 0 Å². The third-order valence-corrected chi connectivity index (χ3v) is 8.15. The highest BCUT2D eigenvalue weighted by Gasteiger charge is 2.33. The molecule has 1 aliphatic carbocycles. The van der Waals surface area contributed by atoms with Gasteiger partial charge in [-0.3, -0.25) is 9.69 Å². The number of carbonyl (C=O) groups excluding carboxylic acids is 1. The van der Waals surface area contributed by atoms with Gasteiger partial charge in [-0.2, -0.15) is 15.0 Å². The molecule has 13 heteroatoms. The first-order valence-electron chi connectivity index (χ1n) is 14.8. The number of nitrogens with zero attached hydrogens (tertiary/aromatic N) is 5. The van der Waals surface area contributed by atoms with Crippen molar-refractivity contribution >= 4 is 29.7 Å². The molecule has 0 radical (unpaired) electrons. The van der Waals surface area contributed by atoms with E-state index in [9.17, 15) is 9.90 Å². The van der Waals surface area contributed by atoms with E-state index in [1.54, 1.807) is 24.4 Å². The average Bonchev–Trinajstić information content (AvgIpc) is 3.88. The van der Waals surface area contributed by atoms with Gasteiger partial charge in [0.25, 0.3) is 5.91 Å². The molecule has 0 spiro atoms. The lowest BCUT2D eigenvalue weighted by Crippen LogP contribution is -2.39. The number of ether oxygens (including phenoxy) is 1. The number of aromatic nitrogens is 3.